The van der Waals surface area contributed by atoms with Crippen LogP contribution in [-0.4, -0.2) is 22.1 Å². The lowest BCUT2D eigenvalue weighted by Gasteiger charge is -2.06. The van der Waals surface area contributed by atoms with Gasteiger partial charge in [-0.15, -0.1) is 0 Å². The molecule has 2 aromatic heterocycles. The molecule has 4 nitrogen and oxygen atoms in total. The van der Waals surface area contributed by atoms with Gasteiger partial charge in [0.1, 0.15) is 5.15 Å². The van der Waals surface area contributed by atoms with Gasteiger partial charge >= 0.3 is 0 Å². The van der Waals surface area contributed by atoms with Crippen LogP contribution in [0.25, 0.3) is 11.3 Å². The van der Waals surface area contributed by atoms with Gasteiger partial charge in [-0.3, -0.25) is 9.97 Å². The molecule has 0 saturated carbocycles. The van der Waals surface area contributed by atoms with Gasteiger partial charge in [0, 0.05) is 6.20 Å². The van der Waals surface area contributed by atoms with Crippen LogP contribution < -0.4 is 4.74 Å². The highest BCUT2D eigenvalue weighted by molar-refractivity contribution is 6.29. The summed E-state index contributed by atoms with van der Waals surface area (Å²) in [5, 5.41) is 0.390. The summed E-state index contributed by atoms with van der Waals surface area (Å²) in [6, 6.07) is 3.51. The third kappa shape index (κ3) is 2.12. The number of aromatic nitrogens is 3. The Bertz CT molecular complexity index is 499. The van der Waals surface area contributed by atoms with E-state index in [1.165, 1.54) is 0 Å². The number of halogens is 1. The molecule has 0 radical (unpaired) electrons. The predicted molar refractivity (Wildman–Crippen MR) is 61.6 cm³/mol. The Hall–Kier alpha value is -1.68. The van der Waals surface area contributed by atoms with Gasteiger partial charge in [0.15, 0.2) is 0 Å². The number of hydrogen-bond acceptors (Lipinski definition) is 4. The van der Waals surface area contributed by atoms with Crippen LogP contribution >= 0.6 is 11.6 Å². The van der Waals surface area contributed by atoms with E-state index in [1.54, 1.807) is 25.6 Å². The summed E-state index contributed by atoms with van der Waals surface area (Å²) < 4.78 is 5.15. The fourth-order valence-corrected chi connectivity index (χ4v) is 1.44. The Morgan fingerprint density at radius 1 is 1.19 bits per heavy atom. The number of methoxy groups -OCH3 is 1. The third-order valence-corrected chi connectivity index (χ3v) is 2.29. The largest absolute Gasteiger partial charge is 0.480 e. The number of pyridine rings is 1. The van der Waals surface area contributed by atoms with Crippen LogP contribution in [0.1, 0.15) is 5.69 Å². The molecule has 0 atom stereocenters. The number of ether oxygens (including phenoxy) is 1. The smallest absolute Gasteiger partial charge is 0.224 e. The number of aryl methyl sites for hydroxylation is 1. The zero-order valence-corrected chi connectivity index (χ0v) is 9.69. The topological polar surface area (TPSA) is 47.9 Å². The molecule has 0 fully saturated rings. The Balaban J connectivity index is 2.51. The minimum Gasteiger partial charge on any atom is -0.480 e. The van der Waals surface area contributed by atoms with E-state index in [0.29, 0.717) is 16.7 Å². The predicted octanol–water partition coefficient (Wildman–Crippen LogP) is 2.51. The molecule has 2 heterocycles. The van der Waals surface area contributed by atoms with Crippen LogP contribution in [0.3, 0.4) is 0 Å². The van der Waals surface area contributed by atoms with E-state index in [0.717, 1.165) is 11.3 Å². The highest BCUT2D eigenvalue weighted by Crippen LogP contribution is 2.27. The first-order valence-electron chi connectivity index (χ1n) is 4.70. The molecule has 0 amide bonds. The van der Waals surface area contributed by atoms with Crippen LogP contribution in [0.15, 0.2) is 24.5 Å². The Morgan fingerprint density at radius 3 is 2.62 bits per heavy atom. The lowest BCUT2D eigenvalue weighted by atomic mass is 10.2. The van der Waals surface area contributed by atoms with Gasteiger partial charge in [-0.25, -0.2) is 4.98 Å². The molecule has 0 N–H and O–H groups in total. The van der Waals surface area contributed by atoms with Crippen molar-refractivity contribution in [3.8, 4) is 17.1 Å². The maximum absolute atomic E-state index is 5.78. The second kappa shape index (κ2) is 4.45. The molecule has 0 saturated heterocycles. The fraction of sp³-hybridized carbons (Fsp3) is 0.182. The summed E-state index contributed by atoms with van der Waals surface area (Å²) in [4.78, 5) is 12.5. The lowest BCUT2D eigenvalue weighted by molar-refractivity contribution is 0.399. The minimum atomic E-state index is 0.390. The maximum Gasteiger partial charge on any atom is 0.224 e. The lowest BCUT2D eigenvalue weighted by Crippen LogP contribution is -1.94. The molecule has 0 aliphatic heterocycles. The zero-order chi connectivity index (χ0) is 11.5. The molecule has 0 spiro atoms. The fourth-order valence-electron chi connectivity index (χ4n) is 1.30. The van der Waals surface area contributed by atoms with Crippen molar-refractivity contribution >= 4 is 11.6 Å². The standard InChI is InChI=1S/C11H10ClN3O/c1-7-5-14-9(6-13-7)8-3-4-10(12)15-11(8)16-2/h3-6H,1-2H3. The molecular formula is C11H10ClN3O. The van der Waals surface area contributed by atoms with Crippen molar-refractivity contribution in [2.75, 3.05) is 7.11 Å². The molecule has 0 aromatic carbocycles. The average Bonchev–Trinajstić information content (AvgIpc) is 2.30. The molecule has 0 aliphatic rings. The van der Waals surface area contributed by atoms with E-state index in [4.69, 9.17) is 16.3 Å². The van der Waals surface area contributed by atoms with E-state index < -0.39 is 0 Å². The summed E-state index contributed by atoms with van der Waals surface area (Å²) >= 11 is 5.78. The molecule has 0 aliphatic carbocycles. The molecule has 2 aromatic rings. The first-order valence-corrected chi connectivity index (χ1v) is 5.08. The van der Waals surface area contributed by atoms with Gasteiger partial charge < -0.3 is 4.74 Å². The molecule has 0 bridgehead atoms. The Morgan fingerprint density at radius 2 is 2.00 bits per heavy atom. The van der Waals surface area contributed by atoms with Gasteiger partial charge in [-0.05, 0) is 19.1 Å². The van der Waals surface area contributed by atoms with Crippen molar-refractivity contribution in [1.29, 1.82) is 0 Å². The van der Waals surface area contributed by atoms with Crippen molar-refractivity contribution in [3.63, 3.8) is 0 Å². The maximum atomic E-state index is 5.78. The minimum absolute atomic E-state index is 0.390. The van der Waals surface area contributed by atoms with Crippen molar-refractivity contribution in [3.05, 3.63) is 35.4 Å². The normalized spacial score (nSPS) is 10.2. The SMILES string of the molecule is COc1nc(Cl)ccc1-c1cnc(C)cn1. The third-order valence-electron chi connectivity index (χ3n) is 2.08. The van der Waals surface area contributed by atoms with Gasteiger partial charge in [0.25, 0.3) is 0 Å². The van der Waals surface area contributed by atoms with Gasteiger partial charge in [-0.1, -0.05) is 11.6 Å². The van der Waals surface area contributed by atoms with Crippen molar-refractivity contribution in [2.24, 2.45) is 0 Å². The quantitative estimate of drug-likeness (QED) is 0.751. The summed E-state index contributed by atoms with van der Waals surface area (Å²) in [6.07, 6.45) is 3.38. The van der Waals surface area contributed by atoms with Crippen LogP contribution in [0.4, 0.5) is 0 Å². The van der Waals surface area contributed by atoms with Gasteiger partial charge in [0.05, 0.1) is 30.3 Å². The molecule has 16 heavy (non-hydrogen) atoms. The van der Waals surface area contributed by atoms with Crippen molar-refractivity contribution in [2.45, 2.75) is 6.92 Å². The van der Waals surface area contributed by atoms with E-state index >= 15 is 0 Å². The van der Waals surface area contributed by atoms with Crippen LogP contribution in [0, 0.1) is 6.92 Å². The Labute approximate surface area is 98.3 Å². The van der Waals surface area contributed by atoms with Crippen LogP contribution in [0.2, 0.25) is 5.15 Å². The molecule has 0 unspecified atom stereocenters. The highest BCUT2D eigenvalue weighted by atomic mass is 35.5. The second-order valence-electron chi connectivity index (χ2n) is 3.23. The zero-order valence-electron chi connectivity index (χ0n) is 8.94. The monoisotopic (exact) mass is 235 g/mol. The molecule has 5 heteroatoms. The van der Waals surface area contributed by atoms with Crippen LogP contribution in [0.5, 0.6) is 5.88 Å². The molecule has 2 rings (SSSR count). The van der Waals surface area contributed by atoms with Crippen LogP contribution in [-0.2, 0) is 0 Å². The van der Waals surface area contributed by atoms with Gasteiger partial charge in [-0.2, -0.15) is 0 Å². The summed E-state index contributed by atoms with van der Waals surface area (Å²) in [6.45, 7) is 1.88. The first-order chi connectivity index (χ1) is 7.70. The number of nitrogens with zero attached hydrogens (tertiary/aromatic N) is 3. The van der Waals surface area contributed by atoms with E-state index in [9.17, 15) is 0 Å². The summed E-state index contributed by atoms with van der Waals surface area (Å²) in [5.74, 6) is 0.450. The first kappa shape index (κ1) is 10.8. The number of rotatable bonds is 2. The van der Waals surface area contributed by atoms with Crippen molar-refractivity contribution in [1.82, 2.24) is 15.0 Å². The molecule has 82 valence electrons. The Kier molecular flexibility index (Phi) is 3.01. The summed E-state index contributed by atoms with van der Waals surface area (Å²) in [5.41, 5.74) is 2.36. The average molecular weight is 236 g/mol. The van der Waals surface area contributed by atoms with E-state index in [-0.39, 0.29) is 0 Å². The second-order valence-corrected chi connectivity index (χ2v) is 3.62. The summed E-state index contributed by atoms with van der Waals surface area (Å²) in [7, 11) is 1.55. The van der Waals surface area contributed by atoms with E-state index in [2.05, 4.69) is 15.0 Å². The highest BCUT2D eigenvalue weighted by Gasteiger charge is 2.09. The molecular weight excluding hydrogens is 226 g/mol. The number of hydrogen-bond donors (Lipinski definition) is 0. The van der Waals surface area contributed by atoms with Crippen molar-refractivity contribution < 1.29 is 4.74 Å². The van der Waals surface area contributed by atoms with E-state index in [1.807, 2.05) is 13.0 Å². The van der Waals surface area contributed by atoms with Gasteiger partial charge in [0.2, 0.25) is 5.88 Å².